The Morgan fingerprint density at radius 1 is 1.05 bits per heavy atom. The van der Waals surface area contributed by atoms with Crippen LogP contribution in [-0.4, -0.2) is 13.4 Å². The number of nitrogens with zero attached hydrogens (tertiary/aromatic N) is 1. The number of nitrogens with two attached hydrogens (primary N) is 1. The summed E-state index contributed by atoms with van der Waals surface area (Å²) in [6.07, 6.45) is -4.67. The molecular weight excluding hydrogens is 293 g/mol. The van der Waals surface area contributed by atoms with E-state index in [9.17, 15) is 13.2 Å². The van der Waals surface area contributed by atoms with Crippen molar-refractivity contribution in [1.82, 2.24) is 0 Å². The Balaban J connectivity index is 2.03. The van der Waals surface area contributed by atoms with Crippen LogP contribution in [0.5, 0.6) is 5.75 Å². The molecule has 118 valence electrons. The zero-order valence-corrected chi connectivity index (χ0v) is 12.1. The van der Waals surface area contributed by atoms with E-state index in [4.69, 9.17) is 5.73 Å². The van der Waals surface area contributed by atoms with Crippen molar-refractivity contribution in [3.8, 4) is 5.75 Å². The average Bonchev–Trinajstić information content (AvgIpc) is 2.48. The molecular formula is C16H17F3N2O. The number of rotatable bonds is 5. The number of alkyl halides is 3. The zero-order valence-electron chi connectivity index (χ0n) is 12.1. The van der Waals surface area contributed by atoms with E-state index < -0.39 is 6.36 Å². The molecule has 0 radical (unpaired) electrons. The minimum absolute atomic E-state index is 0.218. The van der Waals surface area contributed by atoms with Gasteiger partial charge in [0, 0.05) is 25.8 Å². The van der Waals surface area contributed by atoms with Crippen molar-refractivity contribution in [2.45, 2.75) is 19.5 Å². The highest BCUT2D eigenvalue weighted by Crippen LogP contribution is 2.23. The van der Waals surface area contributed by atoms with Gasteiger partial charge >= 0.3 is 6.36 Å². The van der Waals surface area contributed by atoms with Gasteiger partial charge in [0.15, 0.2) is 0 Å². The van der Waals surface area contributed by atoms with E-state index in [1.165, 1.54) is 12.1 Å². The summed E-state index contributed by atoms with van der Waals surface area (Å²) in [5.41, 5.74) is 8.52. The largest absolute Gasteiger partial charge is 0.573 e. The van der Waals surface area contributed by atoms with Crippen LogP contribution in [-0.2, 0) is 13.1 Å². The molecule has 0 aromatic heterocycles. The quantitative estimate of drug-likeness (QED) is 0.915. The van der Waals surface area contributed by atoms with Gasteiger partial charge in [-0.25, -0.2) is 0 Å². The van der Waals surface area contributed by atoms with E-state index in [-0.39, 0.29) is 5.75 Å². The van der Waals surface area contributed by atoms with Gasteiger partial charge in [0.1, 0.15) is 5.75 Å². The molecule has 22 heavy (non-hydrogen) atoms. The van der Waals surface area contributed by atoms with Crippen molar-refractivity contribution in [3.05, 3.63) is 59.7 Å². The monoisotopic (exact) mass is 310 g/mol. The fourth-order valence-electron chi connectivity index (χ4n) is 2.08. The van der Waals surface area contributed by atoms with E-state index in [1.807, 2.05) is 36.2 Å². The number of benzene rings is 2. The Morgan fingerprint density at radius 2 is 1.73 bits per heavy atom. The van der Waals surface area contributed by atoms with Crippen LogP contribution in [0.25, 0.3) is 0 Å². The van der Waals surface area contributed by atoms with E-state index in [0.717, 1.165) is 16.8 Å². The molecule has 0 saturated heterocycles. The molecule has 0 atom stereocenters. The molecule has 0 aliphatic carbocycles. The topological polar surface area (TPSA) is 38.5 Å². The second-order valence-corrected chi connectivity index (χ2v) is 4.92. The molecule has 2 rings (SSSR count). The first kappa shape index (κ1) is 16.2. The smallest absolute Gasteiger partial charge is 0.406 e. The summed E-state index contributed by atoms with van der Waals surface area (Å²) in [7, 11) is 1.91. The van der Waals surface area contributed by atoms with Gasteiger partial charge in [-0.3, -0.25) is 0 Å². The Hall–Kier alpha value is -2.21. The molecule has 0 amide bonds. The van der Waals surface area contributed by atoms with Crippen LogP contribution >= 0.6 is 0 Å². The molecule has 0 heterocycles. The summed E-state index contributed by atoms with van der Waals surface area (Å²) < 4.78 is 40.2. The SMILES string of the molecule is CN(Cc1ccc(OC(F)(F)F)cc1)c1cccc(CN)c1. The molecule has 0 bridgehead atoms. The molecule has 0 unspecified atom stereocenters. The summed E-state index contributed by atoms with van der Waals surface area (Å²) >= 11 is 0. The predicted molar refractivity (Wildman–Crippen MR) is 79.6 cm³/mol. The molecule has 0 aliphatic rings. The van der Waals surface area contributed by atoms with Crippen LogP contribution in [0.15, 0.2) is 48.5 Å². The summed E-state index contributed by atoms with van der Waals surface area (Å²) in [6.45, 7) is 1.03. The van der Waals surface area contributed by atoms with E-state index in [0.29, 0.717) is 13.1 Å². The Bertz CT molecular complexity index is 612. The van der Waals surface area contributed by atoms with E-state index >= 15 is 0 Å². The number of anilines is 1. The van der Waals surface area contributed by atoms with Crippen LogP contribution in [0.3, 0.4) is 0 Å². The third kappa shape index (κ3) is 4.66. The lowest BCUT2D eigenvalue weighted by Gasteiger charge is -2.20. The van der Waals surface area contributed by atoms with Crippen LogP contribution < -0.4 is 15.4 Å². The number of ether oxygens (including phenoxy) is 1. The van der Waals surface area contributed by atoms with Crippen LogP contribution in [0.4, 0.5) is 18.9 Å². The van der Waals surface area contributed by atoms with Crippen LogP contribution in [0, 0.1) is 0 Å². The van der Waals surface area contributed by atoms with Crippen LogP contribution in [0.2, 0.25) is 0 Å². The molecule has 2 aromatic rings. The van der Waals surface area contributed by atoms with Crippen molar-refractivity contribution in [1.29, 1.82) is 0 Å². The van der Waals surface area contributed by atoms with Gasteiger partial charge in [0.25, 0.3) is 0 Å². The average molecular weight is 310 g/mol. The van der Waals surface area contributed by atoms with Crippen molar-refractivity contribution in [2.24, 2.45) is 5.73 Å². The van der Waals surface area contributed by atoms with Gasteiger partial charge < -0.3 is 15.4 Å². The van der Waals surface area contributed by atoms with Gasteiger partial charge in [-0.2, -0.15) is 0 Å². The first-order chi connectivity index (χ1) is 10.4. The second-order valence-electron chi connectivity index (χ2n) is 4.92. The normalized spacial score (nSPS) is 11.3. The summed E-state index contributed by atoms with van der Waals surface area (Å²) in [4.78, 5) is 2.00. The standard InChI is InChI=1S/C16H17F3N2O/c1-21(14-4-2-3-13(9-14)10-20)11-12-5-7-15(8-6-12)22-16(17,18)19/h2-9H,10-11,20H2,1H3. The van der Waals surface area contributed by atoms with Crippen molar-refractivity contribution >= 4 is 5.69 Å². The molecule has 2 N–H and O–H groups in total. The lowest BCUT2D eigenvalue weighted by atomic mass is 10.1. The molecule has 0 saturated carbocycles. The van der Waals surface area contributed by atoms with Gasteiger partial charge in [-0.1, -0.05) is 24.3 Å². The Labute approximate surface area is 127 Å². The van der Waals surface area contributed by atoms with E-state index in [2.05, 4.69) is 4.74 Å². The minimum Gasteiger partial charge on any atom is -0.406 e. The fourth-order valence-corrected chi connectivity index (χ4v) is 2.08. The van der Waals surface area contributed by atoms with Gasteiger partial charge in [-0.05, 0) is 35.4 Å². The Morgan fingerprint density at radius 3 is 2.32 bits per heavy atom. The fraction of sp³-hybridized carbons (Fsp3) is 0.250. The third-order valence-electron chi connectivity index (χ3n) is 3.16. The molecule has 2 aromatic carbocycles. The van der Waals surface area contributed by atoms with Gasteiger partial charge in [0.05, 0.1) is 0 Å². The maximum Gasteiger partial charge on any atom is 0.573 e. The Kier molecular flexibility index (Phi) is 4.92. The molecule has 0 spiro atoms. The molecule has 0 aliphatic heterocycles. The summed E-state index contributed by atoms with van der Waals surface area (Å²) in [5.74, 6) is -0.218. The third-order valence-corrected chi connectivity index (χ3v) is 3.16. The second kappa shape index (κ2) is 6.70. The number of halogens is 3. The molecule has 3 nitrogen and oxygen atoms in total. The summed E-state index contributed by atoms with van der Waals surface area (Å²) in [5, 5.41) is 0. The number of hydrogen-bond acceptors (Lipinski definition) is 3. The number of hydrogen-bond donors (Lipinski definition) is 1. The molecule has 0 fully saturated rings. The maximum absolute atomic E-state index is 12.1. The lowest BCUT2D eigenvalue weighted by molar-refractivity contribution is -0.274. The lowest BCUT2D eigenvalue weighted by Crippen LogP contribution is -2.18. The maximum atomic E-state index is 12.1. The van der Waals surface area contributed by atoms with E-state index in [1.54, 1.807) is 12.1 Å². The zero-order chi connectivity index (χ0) is 16.2. The van der Waals surface area contributed by atoms with Gasteiger partial charge in [-0.15, -0.1) is 13.2 Å². The van der Waals surface area contributed by atoms with Crippen molar-refractivity contribution in [2.75, 3.05) is 11.9 Å². The highest BCUT2D eigenvalue weighted by molar-refractivity contribution is 5.48. The highest BCUT2D eigenvalue weighted by Gasteiger charge is 2.30. The highest BCUT2D eigenvalue weighted by atomic mass is 19.4. The van der Waals surface area contributed by atoms with Crippen LogP contribution in [0.1, 0.15) is 11.1 Å². The predicted octanol–water partition coefficient (Wildman–Crippen LogP) is 3.68. The van der Waals surface area contributed by atoms with Crippen molar-refractivity contribution < 1.29 is 17.9 Å². The first-order valence-corrected chi connectivity index (χ1v) is 6.72. The van der Waals surface area contributed by atoms with Crippen molar-refractivity contribution in [3.63, 3.8) is 0 Å². The summed E-state index contributed by atoms with van der Waals surface area (Å²) in [6, 6.07) is 13.7. The first-order valence-electron chi connectivity index (χ1n) is 6.72. The molecule has 6 heteroatoms. The van der Waals surface area contributed by atoms with Gasteiger partial charge in [0.2, 0.25) is 0 Å². The minimum atomic E-state index is -4.67.